The molecule has 7 rings (SSSR count). The number of Topliss-reactive ketones (excluding diaryl/α,β-unsaturated/α-hetero) is 2. The second-order valence-corrected chi connectivity index (χ2v) is 11.3. The van der Waals surface area contributed by atoms with Gasteiger partial charge in [0.15, 0.2) is 11.6 Å². The van der Waals surface area contributed by atoms with E-state index in [0.29, 0.717) is 22.6 Å². The van der Waals surface area contributed by atoms with E-state index in [-0.39, 0.29) is 17.5 Å². The molecule has 0 unspecified atom stereocenters. The van der Waals surface area contributed by atoms with Crippen molar-refractivity contribution in [2.75, 3.05) is 17.3 Å². The molecule has 6 heteroatoms. The molecule has 3 aliphatic heterocycles. The minimum Gasteiger partial charge on any atom is -0.497 e. The first-order valence-corrected chi connectivity index (χ1v) is 14.1. The number of nitrogens with zero attached hydrogens (tertiary/aromatic N) is 1. The molecule has 0 aromatic heterocycles. The second-order valence-electron chi connectivity index (χ2n) is 11.3. The summed E-state index contributed by atoms with van der Waals surface area (Å²) in [5.41, 5.74) is 4.88. The number of carbonyl (C=O) groups excluding carboxylic acids is 3. The summed E-state index contributed by atoms with van der Waals surface area (Å²) in [7, 11) is 1.56. The number of hydrogen-bond acceptors (Lipinski definition) is 5. The number of allylic oxidation sites excluding steroid dienone is 1. The van der Waals surface area contributed by atoms with Crippen molar-refractivity contribution >= 4 is 34.4 Å². The largest absolute Gasteiger partial charge is 0.497 e. The Bertz CT molecular complexity index is 1810. The number of methoxy groups -OCH3 is 1. The number of ketones is 2. The van der Waals surface area contributed by atoms with Crippen molar-refractivity contribution in [3.63, 3.8) is 0 Å². The average molecular weight is 555 g/mol. The van der Waals surface area contributed by atoms with Crippen LogP contribution in [0.4, 0.5) is 11.4 Å². The highest BCUT2D eigenvalue weighted by molar-refractivity contribution is 6.18. The Kier molecular flexibility index (Phi) is 5.91. The number of para-hydroxylation sites is 1. The van der Waals surface area contributed by atoms with Crippen LogP contribution in [0.15, 0.2) is 103 Å². The number of aryl methyl sites for hydroxylation is 1. The number of benzene rings is 4. The normalized spacial score (nSPS) is 23.5. The molecule has 42 heavy (non-hydrogen) atoms. The Morgan fingerprint density at radius 3 is 2.36 bits per heavy atom. The third kappa shape index (κ3) is 3.54. The fourth-order valence-corrected chi connectivity index (χ4v) is 7.28. The Morgan fingerprint density at radius 2 is 1.57 bits per heavy atom. The summed E-state index contributed by atoms with van der Waals surface area (Å²) in [6.45, 7) is 4.07. The number of ether oxygens (including phenoxy) is 1. The van der Waals surface area contributed by atoms with Gasteiger partial charge in [-0.2, -0.15) is 0 Å². The summed E-state index contributed by atoms with van der Waals surface area (Å²) in [5.74, 6) is -1.21. The smallest absolute Gasteiger partial charge is 0.238 e. The van der Waals surface area contributed by atoms with E-state index in [2.05, 4.69) is 17.5 Å². The van der Waals surface area contributed by atoms with Gasteiger partial charge in [0.25, 0.3) is 0 Å². The minimum atomic E-state index is -1.34. The zero-order chi connectivity index (χ0) is 29.2. The maximum atomic E-state index is 14.8. The molecule has 1 amide bonds. The van der Waals surface area contributed by atoms with Gasteiger partial charge in [-0.15, -0.1) is 0 Å². The second kappa shape index (κ2) is 9.55. The Morgan fingerprint density at radius 1 is 0.833 bits per heavy atom. The molecule has 1 saturated heterocycles. The van der Waals surface area contributed by atoms with Gasteiger partial charge < -0.3 is 15.0 Å². The number of carbonyl (C=O) groups is 3. The Labute approximate surface area is 244 Å². The molecule has 4 aromatic carbocycles. The van der Waals surface area contributed by atoms with Gasteiger partial charge in [-0.3, -0.25) is 14.4 Å². The Hall–Kier alpha value is -4.97. The molecule has 0 radical (unpaired) electrons. The maximum Gasteiger partial charge on any atom is 0.238 e. The lowest BCUT2D eigenvalue weighted by molar-refractivity contribution is -0.121. The third-order valence-electron chi connectivity index (χ3n) is 9.10. The first kappa shape index (κ1) is 26.0. The van der Waals surface area contributed by atoms with E-state index in [0.717, 1.165) is 28.0 Å². The van der Waals surface area contributed by atoms with Crippen molar-refractivity contribution in [1.82, 2.24) is 0 Å². The number of rotatable bonds is 5. The first-order chi connectivity index (χ1) is 20.4. The number of fused-ring (bicyclic) bond motifs is 6. The van der Waals surface area contributed by atoms with E-state index in [1.807, 2.05) is 73.3 Å². The summed E-state index contributed by atoms with van der Waals surface area (Å²) < 4.78 is 5.45. The molecule has 0 aliphatic carbocycles. The van der Waals surface area contributed by atoms with Gasteiger partial charge in [0.2, 0.25) is 5.91 Å². The SMILES string of the molecule is COc1cccc(C(=O)[C@@H]2[C@H](C(=O)c3ccccc3)[C@]3(C(=O)Nc4ccccc43)[C@@H]3C=C(C)c4cc(C)ccc4N23)c1. The van der Waals surface area contributed by atoms with Crippen LogP contribution in [0.3, 0.4) is 0 Å². The quantitative estimate of drug-likeness (QED) is 0.295. The Balaban J connectivity index is 1.56. The molecule has 0 saturated carbocycles. The fourth-order valence-electron chi connectivity index (χ4n) is 7.28. The lowest BCUT2D eigenvalue weighted by Gasteiger charge is -2.39. The van der Waals surface area contributed by atoms with E-state index < -0.39 is 23.4 Å². The molecule has 4 aromatic rings. The standard InChI is InChI=1S/C36H30N2O4/c1-21-16-17-29-26(18-21)22(2)19-30-36(27-14-7-8-15-28(27)37-35(36)41)31(33(39)23-10-5-4-6-11-23)32(38(29)30)34(40)24-12-9-13-25(20-24)42-3/h4-20,30-32H,1-3H3,(H,37,41)/t30-,31+,32-,36+/m0/s1. The molecule has 6 nitrogen and oxygen atoms in total. The number of nitrogens with one attached hydrogen (secondary N) is 1. The topological polar surface area (TPSA) is 75.7 Å². The lowest BCUT2D eigenvalue weighted by Crippen LogP contribution is -2.51. The van der Waals surface area contributed by atoms with Crippen LogP contribution >= 0.6 is 0 Å². The maximum absolute atomic E-state index is 14.8. The van der Waals surface area contributed by atoms with Gasteiger partial charge >= 0.3 is 0 Å². The van der Waals surface area contributed by atoms with Crippen LogP contribution in [0.2, 0.25) is 0 Å². The van der Waals surface area contributed by atoms with Crippen molar-refractivity contribution < 1.29 is 19.1 Å². The molecule has 0 bridgehead atoms. The molecule has 4 atom stereocenters. The number of anilines is 2. The van der Waals surface area contributed by atoms with Crippen molar-refractivity contribution in [3.05, 3.63) is 131 Å². The van der Waals surface area contributed by atoms with E-state index in [1.165, 1.54) is 0 Å². The van der Waals surface area contributed by atoms with Crippen LogP contribution in [0.1, 0.15) is 44.3 Å². The zero-order valence-corrected chi connectivity index (χ0v) is 23.6. The van der Waals surface area contributed by atoms with Gasteiger partial charge in [-0.1, -0.05) is 78.4 Å². The molecule has 1 N–H and O–H groups in total. The molecule has 208 valence electrons. The highest BCUT2D eigenvalue weighted by atomic mass is 16.5. The number of amides is 1. The van der Waals surface area contributed by atoms with E-state index in [4.69, 9.17) is 4.74 Å². The zero-order valence-electron chi connectivity index (χ0n) is 23.6. The third-order valence-corrected chi connectivity index (χ3v) is 9.10. The van der Waals surface area contributed by atoms with E-state index >= 15 is 0 Å². The van der Waals surface area contributed by atoms with Crippen molar-refractivity contribution in [1.29, 1.82) is 0 Å². The first-order valence-electron chi connectivity index (χ1n) is 14.1. The van der Waals surface area contributed by atoms with E-state index in [9.17, 15) is 14.4 Å². The molecule has 3 heterocycles. The lowest BCUT2D eigenvalue weighted by atomic mass is 9.64. The molecular formula is C36H30N2O4. The van der Waals surface area contributed by atoms with Crippen LogP contribution in [-0.4, -0.2) is 36.7 Å². The summed E-state index contributed by atoms with van der Waals surface area (Å²) >= 11 is 0. The van der Waals surface area contributed by atoms with Crippen LogP contribution in [0.5, 0.6) is 5.75 Å². The number of hydrogen-bond donors (Lipinski definition) is 1. The highest BCUT2D eigenvalue weighted by Crippen LogP contribution is 2.59. The fraction of sp³-hybridized carbons (Fsp3) is 0.194. The predicted octanol–water partition coefficient (Wildman–Crippen LogP) is 6.25. The summed E-state index contributed by atoms with van der Waals surface area (Å²) in [6, 6.07) is 28.2. The predicted molar refractivity (Wildman–Crippen MR) is 163 cm³/mol. The van der Waals surface area contributed by atoms with Crippen LogP contribution in [0.25, 0.3) is 5.57 Å². The van der Waals surface area contributed by atoms with Crippen LogP contribution < -0.4 is 15.0 Å². The van der Waals surface area contributed by atoms with Crippen LogP contribution in [0, 0.1) is 12.8 Å². The summed E-state index contributed by atoms with van der Waals surface area (Å²) in [4.78, 5) is 46.2. The summed E-state index contributed by atoms with van der Waals surface area (Å²) in [5, 5.41) is 3.09. The van der Waals surface area contributed by atoms with Gasteiger partial charge in [0, 0.05) is 28.1 Å². The molecule has 1 spiro atoms. The minimum absolute atomic E-state index is 0.235. The monoisotopic (exact) mass is 554 g/mol. The molecular weight excluding hydrogens is 524 g/mol. The average Bonchev–Trinajstić information content (AvgIpc) is 3.49. The molecule has 1 fully saturated rings. The molecule has 3 aliphatic rings. The van der Waals surface area contributed by atoms with Gasteiger partial charge in [-0.05, 0) is 55.3 Å². The van der Waals surface area contributed by atoms with Crippen LogP contribution in [-0.2, 0) is 10.2 Å². The van der Waals surface area contributed by atoms with Crippen molar-refractivity contribution in [3.8, 4) is 5.75 Å². The van der Waals surface area contributed by atoms with E-state index in [1.54, 1.807) is 43.5 Å². The highest BCUT2D eigenvalue weighted by Gasteiger charge is 2.70. The van der Waals surface area contributed by atoms with Gasteiger partial charge in [0.05, 0.1) is 19.1 Å². The van der Waals surface area contributed by atoms with Gasteiger partial charge in [0.1, 0.15) is 17.2 Å². The van der Waals surface area contributed by atoms with Gasteiger partial charge in [-0.25, -0.2) is 0 Å². The van der Waals surface area contributed by atoms with Crippen molar-refractivity contribution in [2.24, 2.45) is 5.92 Å². The van der Waals surface area contributed by atoms with Crippen molar-refractivity contribution in [2.45, 2.75) is 31.3 Å². The summed E-state index contributed by atoms with van der Waals surface area (Å²) in [6.07, 6.45) is 2.08.